The number of carbonyl (C=O) groups is 1. The van der Waals surface area contributed by atoms with E-state index in [1.54, 1.807) is 6.92 Å². The Kier molecular flexibility index (Phi) is 4.14. The Morgan fingerprint density at radius 1 is 1.38 bits per heavy atom. The Hall–Kier alpha value is -1.02. The molecular formula is C12H14Cl2NO5S+. The predicted molar refractivity (Wildman–Crippen MR) is 77.2 cm³/mol. The van der Waals surface area contributed by atoms with Crippen LogP contribution in [-0.2, 0) is 10.0 Å². The van der Waals surface area contributed by atoms with Crippen molar-refractivity contribution < 1.29 is 27.3 Å². The van der Waals surface area contributed by atoms with E-state index in [1.165, 1.54) is 6.07 Å². The van der Waals surface area contributed by atoms with Crippen molar-refractivity contribution in [2.24, 2.45) is 0 Å². The van der Waals surface area contributed by atoms with Gasteiger partial charge in [-0.25, -0.2) is 0 Å². The maximum absolute atomic E-state index is 12.8. The number of likely N-dealkylation sites (tertiary alicyclic amines) is 1. The van der Waals surface area contributed by atoms with Gasteiger partial charge in [0.15, 0.2) is 10.6 Å². The molecule has 2 atom stereocenters. The Morgan fingerprint density at radius 3 is 2.48 bits per heavy atom. The summed E-state index contributed by atoms with van der Waals surface area (Å²) in [6.07, 6.45) is -0.557. The molecule has 1 heterocycles. The molecule has 1 aliphatic rings. The zero-order valence-corrected chi connectivity index (χ0v) is 13.4. The Morgan fingerprint density at radius 2 is 2.00 bits per heavy atom. The van der Waals surface area contributed by atoms with Crippen molar-refractivity contribution in [2.45, 2.75) is 30.7 Å². The number of hydrogen-bond acceptors (Lipinski definition) is 4. The highest BCUT2D eigenvalue weighted by Crippen LogP contribution is 2.42. The maximum Gasteiger partial charge on any atom is 0.529 e. The summed E-state index contributed by atoms with van der Waals surface area (Å²) in [5.41, 5.74) is 0. The van der Waals surface area contributed by atoms with Crippen LogP contribution in [0.25, 0.3) is 0 Å². The molecule has 0 bridgehead atoms. The minimum absolute atomic E-state index is 0.00626. The number of quaternary nitrogens is 1. The van der Waals surface area contributed by atoms with E-state index in [4.69, 9.17) is 23.2 Å². The van der Waals surface area contributed by atoms with Gasteiger partial charge in [-0.1, -0.05) is 23.2 Å². The number of nitrogens with zero attached hydrogens (tertiary/aromatic N) is 1. The van der Waals surface area contributed by atoms with E-state index in [0.29, 0.717) is 12.8 Å². The third kappa shape index (κ3) is 2.28. The SMILES string of the molecule is C[C@@H]1CCC[N+]1(C(=O)O)S(=O)(=O)c1cc(Cl)cc(Cl)c1O. The topological polar surface area (TPSA) is 91.7 Å². The summed E-state index contributed by atoms with van der Waals surface area (Å²) in [4.78, 5) is 11.1. The minimum Gasteiger partial charge on any atom is -0.505 e. The lowest BCUT2D eigenvalue weighted by Gasteiger charge is -2.31. The summed E-state index contributed by atoms with van der Waals surface area (Å²) in [6, 6.07) is 1.58. The second kappa shape index (κ2) is 5.31. The lowest BCUT2D eigenvalue weighted by atomic mass is 10.2. The Bertz CT molecular complexity index is 706. The van der Waals surface area contributed by atoms with Gasteiger partial charge >= 0.3 is 16.1 Å². The van der Waals surface area contributed by atoms with Crippen molar-refractivity contribution in [3.05, 3.63) is 22.2 Å². The number of sulfonamides is 1. The van der Waals surface area contributed by atoms with E-state index in [9.17, 15) is 23.4 Å². The van der Waals surface area contributed by atoms with Gasteiger partial charge in [-0.15, -0.1) is 3.89 Å². The summed E-state index contributed by atoms with van der Waals surface area (Å²) < 4.78 is 24.5. The predicted octanol–water partition coefficient (Wildman–Crippen LogP) is 3.06. The summed E-state index contributed by atoms with van der Waals surface area (Å²) in [5, 5.41) is 19.2. The molecule has 2 N–H and O–H groups in total. The number of rotatable bonds is 2. The van der Waals surface area contributed by atoms with Crippen LogP contribution in [0, 0.1) is 0 Å². The molecule has 116 valence electrons. The summed E-state index contributed by atoms with van der Waals surface area (Å²) >= 11 is 11.5. The lowest BCUT2D eigenvalue weighted by molar-refractivity contribution is -0.741. The molecule has 1 aromatic rings. The van der Waals surface area contributed by atoms with Crippen LogP contribution in [0.4, 0.5) is 4.79 Å². The number of phenols is 1. The minimum atomic E-state index is -4.41. The van der Waals surface area contributed by atoms with Crippen LogP contribution < -0.4 is 0 Å². The molecule has 9 heteroatoms. The fraction of sp³-hybridized carbons (Fsp3) is 0.417. The molecular weight excluding hydrogens is 341 g/mol. The third-order valence-electron chi connectivity index (χ3n) is 3.85. The van der Waals surface area contributed by atoms with Gasteiger partial charge in [-0.3, -0.25) is 0 Å². The second-order valence-electron chi connectivity index (χ2n) is 5.00. The average molecular weight is 355 g/mol. The van der Waals surface area contributed by atoms with Crippen molar-refractivity contribution >= 4 is 39.3 Å². The summed E-state index contributed by atoms with van der Waals surface area (Å²) in [6.45, 7) is 1.49. The molecule has 0 spiro atoms. The van der Waals surface area contributed by atoms with Gasteiger partial charge in [0.2, 0.25) is 0 Å². The molecule has 2 rings (SSSR count). The van der Waals surface area contributed by atoms with Crippen LogP contribution >= 0.6 is 23.2 Å². The molecule has 1 fully saturated rings. The van der Waals surface area contributed by atoms with Crippen LogP contribution in [0.2, 0.25) is 10.0 Å². The summed E-state index contributed by atoms with van der Waals surface area (Å²) in [7, 11) is -4.41. The van der Waals surface area contributed by atoms with Crippen molar-refractivity contribution in [1.82, 2.24) is 0 Å². The quantitative estimate of drug-likeness (QED) is 0.796. The molecule has 1 amide bonds. The van der Waals surface area contributed by atoms with Gasteiger partial charge in [0.25, 0.3) is 0 Å². The van der Waals surface area contributed by atoms with Gasteiger partial charge in [-0.05, 0) is 19.1 Å². The summed E-state index contributed by atoms with van der Waals surface area (Å²) in [5.74, 6) is -0.682. The Labute approximate surface area is 132 Å². The molecule has 1 unspecified atom stereocenters. The normalized spacial score (nSPS) is 26.0. The van der Waals surface area contributed by atoms with E-state index in [-0.39, 0.29) is 16.6 Å². The number of phenolic OH excluding ortho intramolecular Hbond substituents is 1. The highest BCUT2D eigenvalue weighted by molar-refractivity contribution is 7.86. The van der Waals surface area contributed by atoms with Crippen molar-refractivity contribution in [3.63, 3.8) is 0 Å². The first kappa shape index (κ1) is 16.4. The van der Waals surface area contributed by atoms with Crippen molar-refractivity contribution in [2.75, 3.05) is 6.54 Å². The van der Waals surface area contributed by atoms with Gasteiger partial charge in [0.05, 0.1) is 5.02 Å². The standard InChI is InChI=1S/C12H13Cl2NO5S/c1-7-3-2-4-15(7,12(17)18)21(19,20)10-6-8(13)5-9(14)11(10)16/h5-7H,2-4H2,1H3,(H-,16,17,18)/p+1/t7-,15?/m1/s1. The van der Waals surface area contributed by atoms with E-state index in [0.717, 1.165) is 6.07 Å². The molecule has 1 aromatic carbocycles. The molecule has 0 aliphatic carbocycles. The average Bonchev–Trinajstić information content (AvgIpc) is 2.76. The van der Waals surface area contributed by atoms with E-state index < -0.39 is 36.7 Å². The number of aromatic hydroxyl groups is 1. The smallest absolute Gasteiger partial charge is 0.505 e. The molecule has 21 heavy (non-hydrogen) atoms. The van der Waals surface area contributed by atoms with E-state index in [1.807, 2.05) is 0 Å². The second-order valence-corrected chi connectivity index (χ2v) is 7.89. The number of benzene rings is 1. The third-order valence-corrected chi connectivity index (χ3v) is 6.78. The highest BCUT2D eigenvalue weighted by Gasteiger charge is 2.58. The number of carboxylic acid groups (broad SMARTS) is 1. The van der Waals surface area contributed by atoms with Gasteiger partial charge in [0.1, 0.15) is 12.6 Å². The number of amides is 1. The zero-order valence-electron chi connectivity index (χ0n) is 11.1. The molecule has 1 aliphatic heterocycles. The Balaban J connectivity index is 2.75. The first-order valence-corrected chi connectivity index (χ1v) is 8.38. The number of hydrogen-bond donors (Lipinski definition) is 2. The first-order chi connectivity index (χ1) is 9.64. The molecule has 0 aromatic heterocycles. The lowest BCUT2D eigenvalue weighted by Crippen LogP contribution is -2.58. The van der Waals surface area contributed by atoms with Crippen LogP contribution in [0.5, 0.6) is 5.75 Å². The monoisotopic (exact) mass is 354 g/mol. The zero-order chi connectivity index (χ0) is 16.0. The first-order valence-electron chi connectivity index (χ1n) is 6.19. The van der Waals surface area contributed by atoms with Crippen LogP contribution in [-0.4, -0.2) is 41.2 Å². The molecule has 6 nitrogen and oxygen atoms in total. The fourth-order valence-electron chi connectivity index (χ4n) is 2.71. The van der Waals surface area contributed by atoms with Gasteiger partial charge < -0.3 is 10.2 Å². The van der Waals surface area contributed by atoms with E-state index >= 15 is 0 Å². The largest absolute Gasteiger partial charge is 0.529 e. The van der Waals surface area contributed by atoms with Crippen LogP contribution in [0.3, 0.4) is 0 Å². The highest BCUT2D eigenvalue weighted by atomic mass is 35.5. The van der Waals surface area contributed by atoms with Crippen molar-refractivity contribution in [3.8, 4) is 5.75 Å². The molecule has 0 saturated carbocycles. The van der Waals surface area contributed by atoms with Crippen LogP contribution in [0.1, 0.15) is 19.8 Å². The fourth-order valence-corrected chi connectivity index (χ4v) is 5.46. The maximum atomic E-state index is 12.8. The van der Waals surface area contributed by atoms with Gasteiger partial charge in [0, 0.05) is 17.9 Å². The molecule has 0 radical (unpaired) electrons. The van der Waals surface area contributed by atoms with E-state index in [2.05, 4.69) is 0 Å². The molecule has 1 saturated heterocycles. The van der Waals surface area contributed by atoms with Crippen molar-refractivity contribution in [1.29, 1.82) is 0 Å². The van der Waals surface area contributed by atoms with Gasteiger partial charge in [-0.2, -0.15) is 13.2 Å². The number of halogens is 2. The van der Waals surface area contributed by atoms with Crippen LogP contribution in [0.15, 0.2) is 17.0 Å².